The van der Waals surface area contributed by atoms with Gasteiger partial charge in [-0.25, -0.2) is 4.79 Å². The fraction of sp³-hybridized carbons (Fsp3) is 0.0625. The minimum atomic E-state index is -0.885. The van der Waals surface area contributed by atoms with Crippen LogP contribution in [0.4, 0.5) is 0 Å². The normalized spacial score (nSPS) is 10.8. The molecule has 2 aromatic carbocycles. The summed E-state index contributed by atoms with van der Waals surface area (Å²) < 4.78 is 0. The molecule has 3 nitrogen and oxygen atoms in total. The van der Waals surface area contributed by atoms with Crippen LogP contribution in [0, 0.1) is 6.92 Å². The minimum absolute atomic E-state index is 0.353. The summed E-state index contributed by atoms with van der Waals surface area (Å²) >= 11 is 1.60. The van der Waals surface area contributed by atoms with Gasteiger partial charge in [-0.1, -0.05) is 30.0 Å². The van der Waals surface area contributed by atoms with E-state index in [1.807, 2.05) is 37.3 Å². The molecule has 0 bridgehead atoms. The smallest absolute Gasteiger partial charge is 0.335 e. The molecule has 0 spiro atoms. The number of H-pyrrole nitrogens is 1. The van der Waals surface area contributed by atoms with Crippen molar-refractivity contribution in [3.05, 3.63) is 59.7 Å². The molecular formula is C16H13NO2S. The van der Waals surface area contributed by atoms with Gasteiger partial charge in [0.25, 0.3) is 0 Å². The maximum absolute atomic E-state index is 11.0. The number of aromatic nitrogens is 1. The number of aromatic carboxylic acids is 1. The monoisotopic (exact) mass is 283 g/mol. The van der Waals surface area contributed by atoms with E-state index in [-0.39, 0.29) is 0 Å². The summed E-state index contributed by atoms with van der Waals surface area (Å²) in [5, 5.41) is 11.3. The number of para-hydroxylation sites is 1. The molecule has 0 aliphatic carbocycles. The fourth-order valence-corrected chi connectivity index (χ4v) is 3.14. The second-order valence-corrected chi connectivity index (χ2v) is 5.72. The highest BCUT2D eigenvalue weighted by atomic mass is 32.2. The van der Waals surface area contributed by atoms with Gasteiger partial charge < -0.3 is 10.1 Å². The molecule has 0 saturated carbocycles. The Morgan fingerprint density at radius 3 is 2.65 bits per heavy atom. The summed E-state index contributed by atoms with van der Waals surface area (Å²) in [5.41, 5.74) is 2.23. The molecule has 100 valence electrons. The first-order valence-electron chi connectivity index (χ1n) is 6.23. The van der Waals surface area contributed by atoms with E-state index in [1.54, 1.807) is 17.8 Å². The van der Waals surface area contributed by atoms with Crippen molar-refractivity contribution >= 4 is 28.6 Å². The molecule has 0 fully saturated rings. The topological polar surface area (TPSA) is 53.1 Å². The largest absolute Gasteiger partial charge is 0.478 e. The van der Waals surface area contributed by atoms with Crippen LogP contribution in [0.1, 0.15) is 15.9 Å². The van der Waals surface area contributed by atoms with Gasteiger partial charge in [-0.15, -0.1) is 0 Å². The highest BCUT2D eigenvalue weighted by Crippen LogP contribution is 2.30. The summed E-state index contributed by atoms with van der Waals surface area (Å²) in [5.74, 6) is -0.885. The summed E-state index contributed by atoms with van der Waals surface area (Å²) in [6, 6.07) is 15.6. The van der Waals surface area contributed by atoms with E-state index in [2.05, 4.69) is 17.1 Å². The lowest BCUT2D eigenvalue weighted by molar-refractivity contribution is 0.0696. The maximum Gasteiger partial charge on any atom is 0.335 e. The van der Waals surface area contributed by atoms with Crippen molar-refractivity contribution in [3.8, 4) is 0 Å². The van der Waals surface area contributed by atoms with Crippen LogP contribution in [-0.4, -0.2) is 16.1 Å². The van der Waals surface area contributed by atoms with Crippen LogP contribution in [0.2, 0.25) is 0 Å². The molecule has 1 aromatic heterocycles. The first-order valence-corrected chi connectivity index (χ1v) is 7.05. The van der Waals surface area contributed by atoms with Gasteiger partial charge in [0.2, 0.25) is 0 Å². The second kappa shape index (κ2) is 5.06. The Morgan fingerprint density at radius 2 is 1.95 bits per heavy atom. The first-order chi connectivity index (χ1) is 9.63. The zero-order valence-electron chi connectivity index (χ0n) is 10.9. The molecule has 1 heterocycles. The zero-order chi connectivity index (χ0) is 14.1. The van der Waals surface area contributed by atoms with Crippen molar-refractivity contribution in [3.63, 3.8) is 0 Å². The Balaban J connectivity index is 1.90. The molecule has 0 aliphatic rings. The van der Waals surface area contributed by atoms with Gasteiger partial charge >= 0.3 is 5.97 Å². The average Bonchev–Trinajstić information content (AvgIpc) is 2.80. The van der Waals surface area contributed by atoms with Gasteiger partial charge in [0, 0.05) is 15.8 Å². The van der Waals surface area contributed by atoms with Crippen LogP contribution in [0.3, 0.4) is 0 Å². The summed E-state index contributed by atoms with van der Waals surface area (Å²) in [7, 11) is 0. The third-order valence-corrected chi connectivity index (χ3v) is 4.09. The van der Waals surface area contributed by atoms with Crippen molar-refractivity contribution in [2.24, 2.45) is 0 Å². The molecule has 4 heteroatoms. The highest BCUT2D eigenvalue weighted by Gasteiger charge is 2.08. The number of aryl methyl sites for hydroxylation is 1. The van der Waals surface area contributed by atoms with Gasteiger partial charge in [0.1, 0.15) is 0 Å². The van der Waals surface area contributed by atoms with Crippen molar-refractivity contribution in [2.45, 2.75) is 16.8 Å². The molecule has 0 aliphatic heterocycles. The van der Waals surface area contributed by atoms with Gasteiger partial charge in [0.05, 0.1) is 10.6 Å². The van der Waals surface area contributed by atoms with E-state index in [4.69, 9.17) is 5.11 Å². The zero-order valence-corrected chi connectivity index (χ0v) is 11.7. The van der Waals surface area contributed by atoms with Crippen molar-refractivity contribution in [1.29, 1.82) is 0 Å². The maximum atomic E-state index is 11.0. The lowest BCUT2D eigenvalue weighted by Crippen LogP contribution is -1.98. The number of hydrogen-bond acceptors (Lipinski definition) is 2. The summed E-state index contributed by atoms with van der Waals surface area (Å²) in [6.07, 6.45) is 0. The SMILES string of the molecule is Cc1cc(Sc2cc3ccccc3[nH]2)ccc1C(=O)O. The van der Waals surface area contributed by atoms with Crippen LogP contribution >= 0.6 is 11.8 Å². The molecule has 0 radical (unpaired) electrons. The second-order valence-electron chi connectivity index (χ2n) is 4.60. The standard InChI is InChI=1S/C16H13NO2S/c1-10-8-12(6-7-13(10)16(18)19)20-15-9-11-4-2-3-5-14(11)17-15/h2-9,17H,1H3,(H,18,19). The van der Waals surface area contributed by atoms with Crippen LogP contribution in [-0.2, 0) is 0 Å². The number of fused-ring (bicyclic) bond motifs is 1. The minimum Gasteiger partial charge on any atom is -0.478 e. The number of nitrogens with one attached hydrogen (secondary N) is 1. The van der Waals surface area contributed by atoms with Crippen molar-refractivity contribution in [2.75, 3.05) is 0 Å². The van der Waals surface area contributed by atoms with Crippen molar-refractivity contribution < 1.29 is 9.90 Å². The predicted molar refractivity (Wildman–Crippen MR) is 80.6 cm³/mol. The number of hydrogen-bond donors (Lipinski definition) is 2. The third kappa shape index (κ3) is 2.42. The van der Waals surface area contributed by atoms with Gasteiger partial charge in [-0.3, -0.25) is 0 Å². The molecule has 2 N–H and O–H groups in total. The molecule has 0 amide bonds. The van der Waals surface area contributed by atoms with E-state index in [1.165, 1.54) is 5.39 Å². The Labute approximate surface area is 120 Å². The van der Waals surface area contributed by atoms with Gasteiger partial charge in [-0.05, 0) is 42.8 Å². The average molecular weight is 283 g/mol. The molecule has 3 rings (SSSR count). The van der Waals surface area contributed by atoms with Crippen LogP contribution in [0.15, 0.2) is 58.5 Å². The number of benzene rings is 2. The Morgan fingerprint density at radius 1 is 1.15 bits per heavy atom. The van der Waals surface area contributed by atoms with E-state index >= 15 is 0 Å². The fourth-order valence-electron chi connectivity index (χ4n) is 2.17. The molecule has 3 aromatic rings. The van der Waals surface area contributed by atoms with E-state index < -0.39 is 5.97 Å². The van der Waals surface area contributed by atoms with E-state index in [9.17, 15) is 4.79 Å². The van der Waals surface area contributed by atoms with Crippen LogP contribution in [0.25, 0.3) is 10.9 Å². The summed E-state index contributed by atoms with van der Waals surface area (Å²) in [6.45, 7) is 1.82. The molecule has 0 saturated heterocycles. The third-order valence-electron chi connectivity index (χ3n) is 3.16. The van der Waals surface area contributed by atoms with Crippen molar-refractivity contribution in [1.82, 2.24) is 4.98 Å². The summed E-state index contributed by atoms with van der Waals surface area (Å²) in [4.78, 5) is 15.4. The lowest BCUT2D eigenvalue weighted by atomic mass is 10.1. The quantitative estimate of drug-likeness (QED) is 0.752. The number of carboxylic acids is 1. The number of carboxylic acid groups (broad SMARTS) is 1. The number of aromatic amines is 1. The molecular weight excluding hydrogens is 270 g/mol. The van der Waals surface area contributed by atoms with Gasteiger partial charge in [0.15, 0.2) is 0 Å². The Hall–Kier alpha value is -2.20. The molecule has 20 heavy (non-hydrogen) atoms. The molecule has 0 atom stereocenters. The Bertz CT molecular complexity index is 759. The van der Waals surface area contributed by atoms with E-state index in [0.717, 1.165) is 21.0 Å². The van der Waals surface area contributed by atoms with Crippen LogP contribution in [0.5, 0.6) is 0 Å². The highest BCUT2D eigenvalue weighted by molar-refractivity contribution is 7.99. The van der Waals surface area contributed by atoms with E-state index in [0.29, 0.717) is 5.56 Å². The number of rotatable bonds is 3. The van der Waals surface area contributed by atoms with Crippen LogP contribution < -0.4 is 0 Å². The predicted octanol–water partition coefficient (Wildman–Crippen LogP) is 4.33. The van der Waals surface area contributed by atoms with Gasteiger partial charge in [-0.2, -0.15) is 0 Å². The Kier molecular flexibility index (Phi) is 3.24. The first kappa shape index (κ1) is 12.8. The lowest BCUT2D eigenvalue weighted by Gasteiger charge is -2.04. The number of carbonyl (C=O) groups is 1. The molecule has 0 unspecified atom stereocenters.